The lowest BCUT2D eigenvalue weighted by Crippen LogP contribution is -2.22. The van der Waals surface area contributed by atoms with Crippen LogP contribution in [0.5, 0.6) is 5.75 Å². The number of carbonyl (C=O) groups is 1. The fourth-order valence-electron chi connectivity index (χ4n) is 3.94. The van der Waals surface area contributed by atoms with Gasteiger partial charge in [-0.15, -0.1) is 0 Å². The van der Waals surface area contributed by atoms with Gasteiger partial charge in [0.25, 0.3) is 5.91 Å². The van der Waals surface area contributed by atoms with Crippen LogP contribution in [0, 0.1) is 0 Å². The van der Waals surface area contributed by atoms with Gasteiger partial charge in [-0.05, 0) is 66.9 Å². The van der Waals surface area contributed by atoms with Crippen LogP contribution in [0.3, 0.4) is 0 Å². The van der Waals surface area contributed by atoms with Crippen molar-refractivity contribution in [3.05, 3.63) is 95.6 Å². The average Bonchev–Trinajstić information content (AvgIpc) is 3.23. The first-order valence-electron chi connectivity index (χ1n) is 10.1. The molecular weight excluding hydrogens is 360 g/mol. The zero-order chi connectivity index (χ0) is 20.1. The van der Waals surface area contributed by atoms with Crippen molar-refractivity contribution in [2.24, 2.45) is 0 Å². The summed E-state index contributed by atoms with van der Waals surface area (Å²) < 4.78 is 5.15. The van der Waals surface area contributed by atoms with Gasteiger partial charge in [0.15, 0.2) is 0 Å². The third-order valence-electron chi connectivity index (χ3n) is 5.50. The van der Waals surface area contributed by atoms with Crippen molar-refractivity contribution in [3.8, 4) is 5.75 Å². The molecule has 1 aliphatic heterocycles. The van der Waals surface area contributed by atoms with Crippen LogP contribution in [0.25, 0.3) is 0 Å². The van der Waals surface area contributed by atoms with Gasteiger partial charge in [0, 0.05) is 23.8 Å². The van der Waals surface area contributed by atoms with Gasteiger partial charge in [0.2, 0.25) is 0 Å². The second-order valence-electron chi connectivity index (χ2n) is 7.42. The molecule has 0 spiro atoms. The summed E-state index contributed by atoms with van der Waals surface area (Å²) in [6.45, 7) is 2.01. The van der Waals surface area contributed by atoms with Gasteiger partial charge in [-0.3, -0.25) is 9.69 Å². The van der Waals surface area contributed by atoms with Crippen LogP contribution in [0.15, 0.2) is 78.9 Å². The molecule has 1 amide bonds. The second kappa shape index (κ2) is 8.93. The SMILES string of the molecule is COc1ccc(NC(=O)c2ccc(CN3CCCC3c3ccccc3)cc2)cc1. The number of rotatable bonds is 6. The normalized spacial score (nSPS) is 16.5. The smallest absolute Gasteiger partial charge is 0.255 e. The van der Waals surface area contributed by atoms with Crippen LogP contribution >= 0.6 is 0 Å². The standard InChI is InChI=1S/C25H26N2O2/c1-29-23-15-13-22(14-16-23)26-25(28)21-11-9-19(10-12-21)18-27-17-5-8-24(27)20-6-3-2-4-7-20/h2-4,6-7,9-16,24H,5,8,17-18H2,1H3,(H,26,28). The van der Waals surface area contributed by atoms with Crippen molar-refractivity contribution in [1.29, 1.82) is 0 Å². The molecule has 1 fully saturated rings. The number of nitrogens with zero attached hydrogens (tertiary/aromatic N) is 1. The lowest BCUT2D eigenvalue weighted by molar-refractivity contribution is 0.102. The van der Waals surface area contributed by atoms with E-state index in [2.05, 4.69) is 52.7 Å². The number of methoxy groups -OCH3 is 1. The Morgan fingerprint density at radius 1 is 1.00 bits per heavy atom. The van der Waals surface area contributed by atoms with Crippen molar-refractivity contribution in [1.82, 2.24) is 4.90 Å². The topological polar surface area (TPSA) is 41.6 Å². The first-order chi connectivity index (χ1) is 14.2. The van der Waals surface area contributed by atoms with Crippen LogP contribution in [-0.4, -0.2) is 24.5 Å². The zero-order valence-electron chi connectivity index (χ0n) is 16.7. The fourth-order valence-corrected chi connectivity index (χ4v) is 3.94. The molecule has 0 aromatic heterocycles. The van der Waals surface area contributed by atoms with E-state index in [0.29, 0.717) is 11.6 Å². The number of likely N-dealkylation sites (tertiary alicyclic amines) is 1. The van der Waals surface area contributed by atoms with Crippen LogP contribution in [-0.2, 0) is 6.54 Å². The van der Waals surface area contributed by atoms with E-state index in [0.717, 1.165) is 24.5 Å². The Bertz CT molecular complexity index is 937. The molecule has 1 aliphatic rings. The van der Waals surface area contributed by atoms with Gasteiger partial charge in [-0.25, -0.2) is 0 Å². The van der Waals surface area contributed by atoms with Crippen LogP contribution in [0.2, 0.25) is 0 Å². The minimum atomic E-state index is -0.106. The van der Waals surface area contributed by atoms with Crippen LogP contribution in [0.4, 0.5) is 5.69 Å². The highest BCUT2D eigenvalue weighted by atomic mass is 16.5. The Morgan fingerprint density at radius 2 is 1.72 bits per heavy atom. The number of anilines is 1. The average molecular weight is 386 g/mol. The first-order valence-corrected chi connectivity index (χ1v) is 10.1. The molecular formula is C25H26N2O2. The highest BCUT2D eigenvalue weighted by Gasteiger charge is 2.25. The van der Waals surface area contributed by atoms with Gasteiger partial charge in [0.05, 0.1) is 7.11 Å². The van der Waals surface area contributed by atoms with E-state index in [-0.39, 0.29) is 5.91 Å². The number of benzene rings is 3. The van der Waals surface area contributed by atoms with Crippen molar-refractivity contribution in [3.63, 3.8) is 0 Å². The molecule has 3 aromatic carbocycles. The van der Waals surface area contributed by atoms with E-state index in [1.807, 2.05) is 36.4 Å². The monoisotopic (exact) mass is 386 g/mol. The molecule has 0 bridgehead atoms. The molecule has 4 rings (SSSR count). The first kappa shape index (κ1) is 19.2. The van der Waals surface area contributed by atoms with E-state index in [9.17, 15) is 4.79 Å². The van der Waals surface area contributed by atoms with Crippen LogP contribution < -0.4 is 10.1 Å². The third-order valence-corrected chi connectivity index (χ3v) is 5.50. The number of hydrogen-bond acceptors (Lipinski definition) is 3. The minimum Gasteiger partial charge on any atom is -0.497 e. The van der Waals surface area contributed by atoms with Gasteiger partial charge in [-0.1, -0.05) is 42.5 Å². The molecule has 0 radical (unpaired) electrons. The molecule has 0 saturated carbocycles. The molecule has 0 aliphatic carbocycles. The molecule has 4 nitrogen and oxygen atoms in total. The minimum absolute atomic E-state index is 0.106. The number of amides is 1. The highest BCUT2D eigenvalue weighted by molar-refractivity contribution is 6.04. The Morgan fingerprint density at radius 3 is 2.41 bits per heavy atom. The predicted molar refractivity (Wildman–Crippen MR) is 116 cm³/mol. The Kier molecular flexibility index (Phi) is 5.92. The molecule has 3 aromatic rings. The molecule has 1 unspecified atom stereocenters. The highest BCUT2D eigenvalue weighted by Crippen LogP contribution is 2.33. The van der Waals surface area contributed by atoms with Crippen molar-refractivity contribution >= 4 is 11.6 Å². The van der Waals surface area contributed by atoms with Gasteiger partial charge >= 0.3 is 0 Å². The summed E-state index contributed by atoms with van der Waals surface area (Å²) in [7, 11) is 1.62. The van der Waals surface area contributed by atoms with Crippen molar-refractivity contribution in [2.75, 3.05) is 19.0 Å². The van der Waals surface area contributed by atoms with Gasteiger partial charge in [-0.2, -0.15) is 0 Å². The summed E-state index contributed by atoms with van der Waals surface area (Å²) >= 11 is 0. The van der Waals surface area contributed by atoms with Crippen LogP contribution in [0.1, 0.15) is 40.4 Å². The van der Waals surface area contributed by atoms with E-state index in [1.54, 1.807) is 7.11 Å². The number of hydrogen-bond donors (Lipinski definition) is 1. The van der Waals surface area contributed by atoms with E-state index in [1.165, 1.54) is 24.0 Å². The zero-order valence-corrected chi connectivity index (χ0v) is 16.7. The molecule has 1 N–H and O–H groups in total. The van der Waals surface area contributed by atoms with E-state index in [4.69, 9.17) is 4.74 Å². The predicted octanol–water partition coefficient (Wildman–Crippen LogP) is 5.28. The Hall–Kier alpha value is -3.11. The van der Waals surface area contributed by atoms with E-state index < -0.39 is 0 Å². The second-order valence-corrected chi connectivity index (χ2v) is 7.42. The number of nitrogens with one attached hydrogen (secondary N) is 1. The summed E-state index contributed by atoms with van der Waals surface area (Å²) in [4.78, 5) is 15.0. The summed E-state index contributed by atoms with van der Waals surface area (Å²) in [5.41, 5.74) is 4.03. The Labute approximate surface area is 172 Å². The fraction of sp³-hybridized carbons (Fsp3) is 0.240. The summed E-state index contributed by atoms with van der Waals surface area (Å²) in [6, 6.07) is 26.5. The van der Waals surface area contributed by atoms with E-state index >= 15 is 0 Å². The molecule has 1 heterocycles. The molecule has 1 saturated heterocycles. The summed E-state index contributed by atoms with van der Waals surface area (Å²) in [6.07, 6.45) is 2.42. The van der Waals surface area contributed by atoms with Gasteiger partial charge < -0.3 is 10.1 Å². The van der Waals surface area contributed by atoms with Crippen molar-refractivity contribution in [2.45, 2.75) is 25.4 Å². The molecule has 29 heavy (non-hydrogen) atoms. The molecule has 1 atom stereocenters. The summed E-state index contributed by atoms with van der Waals surface area (Å²) in [5.74, 6) is 0.660. The quantitative estimate of drug-likeness (QED) is 0.626. The number of carbonyl (C=O) groups excluding carboxylic acids is 1. The molecule has 4 heteroatoms. The lowest BCUT2D eigenvalue weighted by atomic mass is 10.0. The molecule has 148 valence electrons. The maximum Gasteiger partial charge on any atom is 0.255 e. The third kappa shape index (κ3) is 4.66. The maximum atomic E-state index is 12.5. The summed E-state index contributed by atoms with van der Waals surface area (Å²) in [5, 5.41) is 2.93. The lowest BCUT2D eigenvalue weighted by Gasteiger charge is -2.25. The largest absolute Gasteiger partial charge is 0.497 e. The van der Waals surface area contributed by atoms with Gasteiger partial charge in [0.1, 0.15) is 5.75 Å². The maximum absolute atomic E-state index is 12.5. The Balaban J connectivity index is 1.39. The van der Waals surface area contributed by atoms with Crippen molar-refractivity contribution < 1.29 is 9.53 Å². The number of ether oxygens (including phenoxy) is 1.